The summed E-state index contributed by atoms with van der Waals surface area (Å²) < 4.78 is 4.61. The van der Waals surface area contributed by atoms with Crippen molar-refractivity contribution < 1.29 is 9.53 Å². The van der Waals surface area contributed by atoms with Crippen molar-refractivity contribution in [2.24, 2.45) is 0 Å². The first-order chi connectivity index (χ1) is 8.52. The smallest absolute Gasteiger partial charge is 0.351 e. The largest absolute Gasteiger partial charge is 0.465 e. The highest BCUT2D eigenvalue weighted by molar-refractivity contribution is 7.17. The van der Waals surface area contributed by atoms with Crippen molar-refractivity contribution in [2.75, 3.05) is 7.11 Å². The molecule has 1 aromatic heterocycles. The van der Waals surface area contributed by atoms with Crippen LogP contribution in [-0.2, 0) is 4.74 Å². The number of halogens is 3. The molecular formula is C11H6Cl3NO2S. The number of carbonyl (C=O) groups excluding carboxylic acids is 1. The molecule has 2 rings (SSSR count). The van der Waals surface area contributed by atoms with Crippen LogP contribution < -0.4 is 0 Å². The Labute approximate surface area is 122 Å². The van der Waals surface area contributed by atoms with Crippen molar-refractivity contribution in [3.05, 3.63) is 38.3 Å². The zero-order valence-corrected chi connectivity index (χ0v) is 12.1. The van der Waals surface area contributed by atoms with Gasteiger partial charge in [0, 0.05) is 10.6 Å². The van der Waals surface area contributed by atoms with Gasteiger partial charge < -0.3 is 4.74 Å². The minimum atomic E-state index is -0.520. The maximum absolute atomic E-state index is 11.4. The van der Waals surface area contributed by atoms with Crippen molar-refractivity contribution >= 4 is 52.1 Å². The van der Waals surface area contributed by atoms with E-state index >= 15 is 0 Å². The van der Waals surface area contributed by atoms with Gasteiger partial charge in [-0.2, -0.15) is 0 Å². The molecule has 0 N–H and O–H groups in total. The molecule has 0 saturated heterocycles. The lowest BCUT2D eigenvalue weighted by atomic mass is 10.2. The number of thiazole rings is 1. The fourth-order valence-electron chi connectivity index (χ4n) is 1.30. The van der Waals surface area contributed by atoms with E-state index in [1.165, 1.54) is 7.11 Å². The quantitative estimate of drug-likeness (QED) is 0.761. The zero-order chi connectivity index (χ0) is 13.3. The van der Waals surface area contributed by atoms with Crippen molar-refractivity contribution in [3.63, 3.8) is 0 Å². The Hall–Kier alpha value is -0.810. The standard InChI is InChI=1S/C11H6Cl3NO2S/c1-17-11(16)8-9(14)15-10(18-8)6-3-2-5(12)4-7(6)13/h2-4H,1H3. The molecule has 18 heavy (non-hydrogen) atoms. The lowest BCUT2D eigenvalue weighted by Crippen LogP contribution is -1.98. The van der Waals surface area contributed by atoms with Crippen molar-refractivity contribution in [2.45, 2.75) is 0 Å². The number of carbonyl (C=O) groups is 1. The average Bonchev–Trinajstić information content (AvgIpc) is 2.70. The molecule has 3 nitrogen and oxygen atoms in total. The van der Waals surface area contributed by atoms with E-state index in [9.17, 15) is 4.79 Å². The molecular weight excluding hydrogens is 317 g/mol. The van der Waals surface area contributed by atoms with Crippen LogP contribution in [0.15, 0.2) is 18.2 Å². The van der Waals surface area contributed by atoms with Gasteiger partial charge in [-0.1, -0.05) is 34.8 Å². The monoisotopic (exact) mass is 321 g/mol. The van der Waals surface area contributed by atoms with E-state index in [1.54, 1.807) is 18.2 Å². The summed E-state index contributed by atoms with van der Waals surface area (Å²) >= 11 is 18.9. The van der Waals surface area contributed by atoms with Crippen LogP contribution in [0.2, 0.25) is 15.2 Å². The SMILES string of the molecule is COC(=O)c1sc(-c2ccc(Cl)cc2Cl)nc1Cl. The Balaban J connectivity index is 2.49. The van der Waals surface area contributed by atoms with Gasteiger partial charge in [-0.15, -0.1) is 11.3 Å². The first-order valence-electron chi connectivity index (χ1n) is 4.73. The van der Waals surface area contributed by atoms with Gasteiger partial charge in [0.05, 0.1) is 12.1 Å². The molecule has 0 aliphatic rings. The molecule has 0 aliphatic heterocycles. The van der Waals surface area contributed by atoms with E-state index in [0.717, 1.165) is 11.3 Å². The second-order valence-electron chi connectivity index (χ2n) is 3.25. The third-order valence-electron chi connectivity index (χ3n) is 2.12. The van der Waals surface area contributed by atoms with Gasteiger partial charge in [-0.25, -0.2) is 9.78 Å². The number of hydrogen-bond acceptors (Lipinski definition) is 4. The van der Waals surface area contributed by atoms with Crippen molar-refractivity contribution in [1.29, 1.82) is 0 Å². The van der Waals surface area contributed by atoms with Gasteiger partial charge in [0.15, 0.2) is 10.0 Å². The van der Waals surface area contributed by atoms with Crippen LogP contribution in [0.1, 0.15) is 9.67 Å². The number of nitrogens with zero attached hydrogens (tertiary/aromatic N) is 1. The molecule has 0 unspecified atom stereocenters. The number of benzene rings is 1. The second-order valence-corrected chi connectivity index (χ2v) is 5.46. The van der Waals surface area contributed by atoms with Gasteiger partial charge >= 0.3 is 5.97 Å². The zero-order valence-electron chi connectivity index (χ0n) is 9.04. The minimum Gasteiger partial charge on any atom is -0.465 e. The maximum atomic E-state index is 11.4. The minimum absolute atomic E-state index is 0.105. The Morgan fingerprint density at radius 1 is 1.33 bits per heavy atom. The number of esters is 1. The molecule has 0 spiro atoms. The molecule has 2 aromatic rings. The molecule has 0 amide bonds. The predicted octanol–water partition coefficient (Wildman–Crippen LogP) is 4.56. The molecule has 0 atom stereocenters. The predicted molar refractivity (Wildman–Crippen MR) is 73.9 cm³/mol. The van der Waals surface area contributed by atoms with Crippen LogP contribution >= 0.6 is 46.1 Å². The molecule has 0 radical (unpaired) electrons. The molecule has 94 valence electrons. The van der Waals surface area contributed by atoms with Crippen LogP contribution in [0, 0.1) is 0 Å². The molecule has 1 heterocycles. The van der Waals surface area contributed by atoms with Crippen molar-refractivity contribution in [1.82, 2.24) is 4.98 Å². The molecule has 0 bridgehead atoms. The summed E-state index contributed by atoms with van der Waals surface area (Å²) in [5.41, 5.74) is 0.670. The summed E-state index contributed by atoms with van der Waals surface area (Å²) in [7, 11) is 1.29. The topological polar surface area (TPSA) is 39.2 Å². The number of methoxy groups -OCH3 is 1. The van der Waals surface area contributed by atoms with Crippen molar-refractivity contribution in [3.8, 4) is 10.6 Å². The van der Waals surface area contributed by atoms with Gasteiger partial charge in [-0.05, 0) is 18.2 Å². The Morgan fingerprint density at radius 2 is 2.06 bits per heavy atom. The Bertz CT molecular complexity index is 612. The van der Waals surface area contributed by atoms with Gasteiger partial charge in [0.1, 0.15) is 5.01 Å². The summed E-state index contributed by atoms with van der Waals surface area (Å²) in [4.78, 5) is 15.8. The van der Waals surface area contributed by atoms with E-state index in [0.29, 0.717) is 20.6 Å². The van der Waals surface area contributed by atoms with Crippen LogP contribution in [0.4, 0.5) is 0 Å². The molecule has 0 aliphatic carbocycles. The van der Waals surface area contributed by atoms with Crippen LogP contribution in [0.25, 0.3) is 10.6 Å². The van der Waals surface area contributed by atoms with E-state index in [4.69, 9.17) is 34.8 Å². The molecule has 0 saturated carbocycles. The fourth-order valence-corrected chi connectivity index (χ4v) is 3.09. The van der Waals surface area contributed by atoms with Gasteiger partial charge in [0.25, 0.3) is 0 Å². The lowest BCUT2D eigenvalue weighted by molar-refractivity contribution is 0.0606. The summed E-state index contributed by atoms with van der Waals surface area (Å²) in [6, 6.07) is 5.02. The average molecular weight is 323 g/mol. The Morgan fingerprint density at radius 3 is 2.67 bits per heavy atom. The summed E-state index contributed by atoms with van der Waals surface area (Å²) in [6.45, 7) is 0. The summed E-state index contributed by atoms with van der Waals surface area (Å²) in [5, 5.41) is 1.62. The van der Waals surface area contributed by atoms with E-state index < -0.39 is 5.97 Å². The van der Waals surface area contributed by atoms with Crippen LogP contribution in [0.3, 0.4) is 0 Å². The third kappa shape index (κ3) is 2.62. The van der Waals surface area contributed by atoms with Crippen LogP contribution in [-0.4, -0.2) is 18.1 Å². The second kappa shape index (κ2) is 5.45. The highest BCUT2D eigenvalue weighted by Gasteiger charge is 2.19. The van der Waals surface area contributed by atoms with E-state index in [2.05, 4.69) is 9.72 Å². The summed E-state index contributed by atoms with van der Waals surface area (Å²) in [5.74, 6) is -0.520. The van der Waals surface area contributed by atoms with E-state index in [-0.39, 0.29) is 10.0 Å². The number of rotatable bonds is 2. The first kappa shape index (κ1) is 13.6. The third-order valence-corrected chi connectivity index (χ3v) is 4.12. The number of hydrogen-bond donors (Lipinski definition) is 0. The Kier molecular flexibility index (Phi) is 4.12. The number of aromatic nitrogens is 1. The maximum Gasteiger partial charge on any atom is 0.351 e. The molecule has 1 aromatic carbocycles. The highest BCUT2D eigenvalue weighted by atomic mass is 35.5. The molecule has 7 heteroatoms. The number of ether oxygens (including phenoxy) is 1. The first-order valence-corrected chi connectivity index (χ1v) is 6.68. The van der Waals surface area contributed by atoms with Gasteiger partial charge in [-0.3, -0.25) is 0 Å². The normalized spacial score (nSPS) is 10.4. The van der Waals surface area contributed by atoms with Crippen LogP contribution in [0.5, 0.6) is 0 Å². The highest BCUT2D eigenvalue weighted by Crippen LogP contribution is 2.36. The van der Waals surface area contributed by atoms with Gasteiger partial charge in [0.2, 0.25) is 0 Å². The van der Waals surface area contributed by atoms with E-state index in [1.807, 2.05) is 0 Å². The fraction of sp³-hybridized carbons (Fsp3) is 0.0909. The lowest BCUT2D eigenvalue weighted by Gasteiger charge is -1.99. The summed E-state index contributed by atoms with van der Waals surface area (Å²) in [6.07, 6.45) is 0. The molecule has 0 fully saturated rings.